The van der Waals surface area contributed by atoms with E-state index in [1.807, 2.05) is 17.9 Å². The van der Waals surface area contributed by atoms with E-state index in [1.165, 1.54) is 0 Å². The molecule has 0 saturated heterocycles. The van der Waals surface area contributed by atoms with Gasteiger partial charge in [0, 0.05) is 18.5 Å². The minimum atomic E-state index is -0.635. The van der Waals surface area contributed by atoms with Gasteiger partial charge in [0.1, 0.15) is 0 Å². The number of hydrogen-bond acceptors (Lipinski definition) is 4. The van der Waals surface area contributed by atoms with Crippen LogP contribution < -0.4 is 0 Å². The Morgan fingerprint density at radius 2 is 2.47 bits per heavy atom. The maximum Gasteiger partial charge on any atom is 0.310 e. The van der Waals surface area contributed by atoms with Gasteiger partial charge in [0.2, 0.25) is 0 Å². The molecule has 5 heteroatoms. The van der Waals surface area contributed by atoms with Gasteiger partial charge in [0.05, 0.1) is 16.6 Å². The van der Waals surface area contributed by atoms with Crippen LogP contribution in [0.3, 0.4) is 0 Å². The fourth-order valence-electron chi connectivity index (χ4n) is 3.23. The van der Waals surface area contributed by atoms with E-state index in [1.54, 1.807) is 11.3 Å². The fourth-order valence-corrected chi connectivity index (χ4v) is 3.78. The van der Waals surface area contributed by atoms with Gasteiger partial charge in [-0.15, -0.1) is 11.3 Å². The molecule has 1 N–H and O–H groups in total. The molecule has 0 radical (unpaired) electrons. The molecule has 19 heavy (non-hydrogen) atoms. The van der Waals surface area contributed by atoms with Crippen LogP contribution >= 0.6 is 11.3 Å². The van der Waals surface area contributed by atoms with Gasteiger partial charge in [-0.3, -0.25) is 9.69 Å². The molecule has 1 aromatic heterocycles. The second-order valence-electron chi connectivity index (χ2n) is 5.94. The zero-order valence-corrected chi connectivity index (χ0v) is 12.4. The van der Waals surface area contributed by atoms with Gasteiger partial charge >= 0.3 is 5.97 Å². The highest BCUT2D eigenvalue weighted by molar-refractivity contribution is 7.07. The summed E-state index contributed by atoms with van der Waals surface area (Å²) in [5.41, 5.74) is 2.28. The first kappa shape index (κ1) is 14.5. The van der Waals surface area contributed by atoms with Crippen molar-refractivity contribution in [1.29, 1.82) is 0 Å². The molecule has 0 aromatic carbocycles. The molecule has 1 saturated carbocycles. The fraction of sp³-hybridized carbons (Fsp3) is 0.714. The van der Waals surface area contributed by atoms with E-state index < -0.39 is 11.4 Å². The van der Waals surface area contributed by atoms with Crippen molar-refractivity contribution in [3.63, 3.8) is 0 Å². The van der Waals surface area contributed by atoms with E-state index in [2.05, 4.69) is 16.8 Å². The summed E-state index contributed by atoms with van der Waals surface area (Å²) in [7, 11) is 1.99. The van der Waals surface area contributed by atoms with Gasteiger partial charge in [-0.2, -0.15) is 0 Å². The van der Waals surface area contributed by atoms with Crippen LogP contribution in [0.15, 0.2) is 10.9 Å². The van der Waals surface area contributed by atoms with Crippen LogP contribution in [0.1, 0.15) is 38.3 Å². The Balaban J connectivity index is 2.02. The number of hydrogen-bond donors (Lipinski definition) is 1. The number of carboxylic acid groups (broad SMARTS) is 1. The van der Waals surface area contributed by atoms with Gasteiger partial charge < -0.3 is 5.11 Å². The number of carbonyl (C=O) groups is 1. The monoisotopic (exact) mass is 282 g/mol. The number of nitrogens with zero attached hydrogens (tertiary/aromatic N) is 2. The van der Waals surface area contributed by atoms with Crippen LogP contribution in [0.2, 0.25) is 0 Å². The van der Waals surface area contributed by atoms with Crippen molar-refractivity contribution in [3.05, 3.63) is 16.6 Å². The van der Waals surface area contributed by atoms with Crippen molar-refractivity contribution in [3.8, 4) is 0 Å². The Labute approximate surface area is 118 Å². The van der Waals surface area contributed by atoms with E-state index in [9.17, 15) is 9.90 Å². The van der Waals surface area contributed by atoms with Crippen LogP contribution in [0.25, 0.3) is 0 Å². The van der Waals surface area contributed by atoms with Crippen LogP contribution in [-0.4, -0.2) is 34.6 Å². The first-order valence-electron chi connectivity index (χ1n) is 6.81. The molecule has 2 unspecified atom stereocenters. The SMILES string of the molecule is CC1CCCC(CN(C)Cc2cscn2)(C(=O)O)C1. The van der Waals surface area contributed by atoms with Gasteiger partial charge in [-0.1, -0.05) is 19.8 Å². The summed E-state index contributed by atoms with van der Waals surface area (Å²) in [4.78, 5) is 18.1. The minimum Gasteiger partial charge on any atom is -0.481 e. The first-order chi connectivity index (χ1) is 9.02. The number of rotatable bonds is 5. The Morgan fingerprint density at radius 1 is 1.68 bits per heavy atom. The molecule has 1 fully saturated rings. The van der Waals surface area contributed by atoms with E-state index in [0.717, 1.165) is 37.9 Å². The maximum atomic E-state index is 11.7. The standard InChI is InChI=1S/C14H22N2O2S/c1-11-4-3-5-14(6-11,13(17)18)9-16(2)7-12-8-19-10-15-12/h8,10-11H,3-7,9H2,1-2H3,(H,17,18). The highest BCUT2D eigenvalue weighted by atomic mass is 32.1. The van der Waals surface area contributed by atoms with Gasteiger partial charge in [0.25, 0.3) is 0 Å². The molecule has 0 aliphatic heterocycles. The van der Waals surface area contributed by atoms with Crippen molar-refractivity contribution < 1.29 is 9.90 Å². The highest BCUT2D eigenvalue weighted by Gasteiger charge is 2.42. The lowest BCUT2D eigenvalue weighted by Crippen LogP contribution is -2.44. The molecule has 106 valence electrons. The third kappa shape index (κ3) is 3.54. The second-order valence-corrected chi connectivity index (χ2v) is 6.66. The normalized spacial score (nSPS) is 27.6. The molecule has 0 bridgehead atoms. The lowest BCUT2D eigenvalue weighted by atomic mass is 9.70. The van der Waals surface area contributed by atoms with Crippen LogP contribution in [0, 0.1) is 11.3 Å². The zero-order valence-electron chi connectivity index (χ0n) is 11.6. The number of carboxylic acids is 1. The average molecular weight is 282 g/mol. The highest BCUT2D eigenvalue weighted by Crippen LogP contribution is 2.40. The van der Waals surface area contributed by atoms with E-state index in [0.29, 0.717) is 12.5 Å². The van der Waals surface area contributed by atoms with Crippen molar-refractivity contribution in [1.82, 2.24) is 9.88 Å². The second kappa shape index (κ2) is 6.01. The minimum absolute atomic E-state index is 0.512. The zero-order chi connectivity index (χ0) is 13.9. The largest absolute Gasteiger partial charge is 0.481 e. The van der Waals surface area contributed by atoms with Crippen LogP contribution in [0.4, 0.5) is 0 Å². The van der Waals surface area contributed by atoms with Crippen molar-refractivity contribution in [2.75, 3.05) is 13.6 Å². The van der Waals surface area contributed by atoms with Gasteiger partial charge in [-0.05, 0) is 25.8 Å². The molecule has 2 atom stereocenters. The number of aromatic nitrogens is 1. The van der Waals surface area contributed by atoms with Crippen LogP contribution in [-0.2, 0) is 11.3 Å². The molecule has 0 amide bonds. The molecule has 1 aliphatic carbocycles. The maximum absolute atomic E-state index is 11.7. The molecule has 1 heterocycles. The van der Waals surface area contributed by atoms with Crippen molar-refractivity contribution >= 4 is 17.3 Å². The van der Waals surface area contributed by atoms with Gasteiger partial charge in [0.15, 0.2) is 0 Å². The molecule has 4 nitrogen and oxygen atoms in total. The molecule has 1 aliphatic rings. The molecule has 0 spiro atoms. The first-order valence-corrected chi connectivity index (χ1v) is 7.75. The predicted molar refractivity (Wildman–Crippen MR) is 76.1 cm³/mol. The van der Waals surface area contributed by atoms with Crippen LogP contribution in [0.5, 0.6) is 0 Å². The average Bonchev–Trinajstić information content (AvgIpc) is 2.81. The smallest absolute Gasteiger partial charge is 0.310 e. The Morgan fingerprint density at radius 3 is 3.05 bits per heavy atom. The van der Waals surface area contributed by atoms with Crippen molar-refractivity contribution in [2.45, 2.75) is 39.2 Å². The lowest BCUT2D eigenvalue weighted by molar-refractivity contribution is -0.153. The number of aliphatic carboxylic acids is 1. The Bertz CT molecular complexity index is 421. The molecule has 1 aromatic rings. The summed E-state index contributed by atoms with van der Waals surface area (Å²) in [6, 6.07) is 0. The summed E-state index contributed by atoms with van der Waals surface area (Å²) < 4.78 is 0. The molecule has 2 rings (SSSR count). The Hall–Kier alpha value is -0.940. The van der Waals surface area contributed by atoms with Crippen molar-refractivity contribution in [2.24, 2.45) is 11.3 Å². The predicted octanol–water partition coefficient (Wildman–Crippen LogP) is 2.86. The number of thiazole rings is 1. The molecular formula is C14H22N2O2S. The Kier molecular flexibility index (Phi) is 4.58. The molecular weight excluding hydrogens is 260 g/mol. The lowest BCUT2D eigenvalue weighted by Gasteiger charge is -2.39. The van der Waals surface area contributed by atoms with E-state index in [-0.39, 0.29) is 0 Å². The summed E-state index contributed by atoms with van der Waals surface area (Å²) in [6.45, 7) is 3.51. The van der Waals surface area contributed by atoms with E-state index >= 15 is 0 Å². The summed E-state index contributed by atoms with van der Waals surface area (Å²) in [5.74, 6) is -0.123. The summed E-state index contributed by atoms with van der Waals surface area (Å²) >= 11 is 1.58. The summed E-state index contributed by atoms with van der Waals surface area (Å²) in [5, 5.41) is 11.7. The quantitative estimate of drug-likeness (QED) is 0.902. The van der Waals surface area contributed by atoms with Gasteiger partial charge in [-0.25, -0.2) is 4.98 Å². The summed E-state index contributed by atoms with van der Waals surface area (Å²) in [6.07, 6.45) is 3.78. The topological polar surface area (TPSA) is 53.4 Å². The third-order valence-electron chi connectivity index (χ3n) is 4.03. The third-order valence-corrected chi connectivity index (χ3v) is 4.67. The van der Waals surface area contributed by atoms with E-state index in [4.69, 9.17) is 0 Å².